The van der Waals surface area contributed by atoms with Crippen molar-refractivity contribution in [2.45, 2.75) is 63.5 Å². The van der Waals surface area contributed by atoms with Crippen molar-refractivity contribution in [1.82, 2.24) is 10.2 Å². The summed E-state index contributed by atoms with van der Waals surface area (Å²) in [7, 11) is 0. The molecule has 2 aliphatic heterocycles. The molecular weight excluding hydrogens is 444 g/mol. The quantitative estimate of drug-likeness (QED) is 0.611. The summed E-state index contributed by atoms with van der Waals surface area (Å²) in [5.41, 5.74) is 2.81. The molecule has 0 atom stereocenters. The molecule has 2 N–H and O–H groups in total. The first-order chi connectivity index (χ1) is 16.7. The minimum atomic E-state index is -1.06. The molecule has 2 aromatic carbocycles. The Labute approximate surface area is 205 Å². The average Bonchev–Trinajstić information content (AvgIpc) is 3.51. The number of carboxylic acids is 1. The first kappa shape index (κ1) is 23.4. The Hall–Kier alpha value is -3.35. The van der Waals surface area contributed by atoms with Gasteiger partial charge in [-0.05, 0) is 54.4 Å². The van der Waals surface area contributed by atoms with E-state index in [4.69, 9.17) is 4.74 Å². The second kappa shape index (κ2) is 8.70. The van der Waals surface area contributed by atoms with Crippen molar-refractivity contribution in [3.05, 3.63) is 59.7 Å². The number of hydrogen-bond donors (Lipinski definition) is 2. The number of ether oxygens (including phenoxy) is 1. The van der Waals surface area contributed by atoms with Crippen LogP contribution in [0.5, 0.6) is 0 Å². The lowest BCUT2D eigenvalue weighted by Crippen LogP contribution is -2.54. The van der Waals surface area contributed by atoms with Crippen LogP contribution < -0.4 is 5.32 Å². The third kappa shape index (κ3) is 3.87. The molecule has 1 aliphatic carbocycles. The van der Waals surface area contributed by atoms with Crippen LogP contribution in [0.25, 0.3) is 11.1 Å². The van der Waals surface area contributed by atoms with Gasteiger partial charge in [0.25, 0.3) is 0 Å². The normalized spacial score (nSPS) is 22.6. The highest BCUT2D eigenvalue weighted by molar-refractivity contribution is 5.91. The Morgan fingerprint density at radius 3 is 2.17 bits per heavy atom. The second-order valence-corrected chi connectivity index (χ2v) is 10.6. The fraction of sp³-hybridized carbons (Fsp3) is 0.464. The molecule has 5 rings (SSSR count). The van der Waals surface area contributed by atoms with Gasteiger partial charge < -0.3 is 20.1 Å². The zero-order chi connectivity index (χ0) is 24.8. The van der Waals surface area contributed by atoms with Crippen molar-refractivity contribution in [2.24, 2.45) is 5.41 Å². The number of rotatable bonds is 7. The van der Waals surface area contributed by atoms with Gasteiger partial charge in [-0.15, -0.1) is 0 Å². The predicted octanol–water partition coefficient (Wildman–Crippen LogP) is 4.55. The van der Waals surface area contributed by atoms with Crippen LogP contribution in [0.3, 0.4) is 0 Å². The summed E-state index contributed by atoms with van der Waals surface area (Å²) >= 11 is 0. The van der Waals surface area contributed by atoms with Gasteiger partial charge in [-0.25, -0.2) is 9.59 Å². The summed E-state index contributed by atoms with van der Waals surface area (Å²) in [6.07, 6.45) is 2.41. The van der Waals surface area contributed by atoms with E-state index in [-0.39, 0.29) is 31.0 Å². The van der Waals surface area contributed by atoms with E-state index < -0.39 is 23.0 Å². The van der Waals surface area contributed by atoms with Crippen LogP contribution in [0.4, 0.5) is 4.79 Å². The van der Waals surface area contributed by atoms with Crippen LogP contribution in [0.1, 0.15) is 63.0 Å². The molecule has 0 aromatic heterocycles. The van der Waals surface area contributed by atoms with Crippen molar-refractivity contribution in [3.8, 4) is 11.1 Å². The zero-order valence-electron chi connectivity index (χ0n) is 20.3. The molecule has 184 valence electrons. The molecule has 2 fully saturated rings. The van der Waals surface area contributed by atoms with Gasteiger partial charge in [-0.1, -0.05) is 62.4 Å². The zero-order valence-corrected chi connectivity index (χ0v) is 20.3. The van der Waals surface area contributed by atoms with Gasteiger partial charge in [0.15, 0.2) is 0 Å². The van der Waals surface area contributed by atoms with Gasteiger partial charge in [-0.3, -0.25) is 4.79 Å². The smallest absolute Gasteiger partial charge is 0.407 e. The Bertz CT molecular complexity index is 1120. The number of amides is 2. The van der Waals surface area contributed by atoms with Gasteiger partial charge in [0.2, 0.25) is 5.91 Å². The van der Waals surface area contributed by atoms with Crippen molar-refractivity contribution >= 4 is 18.0 Å². The highest BCUT2D eigenvalue weighted by atomic mass is 16.5. The number of carbonyl (C=O) groups is 3. The number of hydrogen-bond acceptors (Lipinski definition) is 4. The minimum Gasteiger partial charge on any atom is -0.479 e. The van der Waals surface area contributed by atoms with Gasteiger partial charge in [0, 0.05) is 23.9 Å². The van der Waals surface area contributed by atoms with E-state index in [2.05, 4.69) is 29.6 Å². The Balaban J connectivity index is 1.16. The molecule has 2 saturated heterocycles. The maximum atomic E-state index is 13.4. The lowest BCUT2D eigenvalue weighted by atomic mass is 9.85. The highest BCUT2D eigenvalue weighted by Crippen LogP contribution is 2.49. The van der Waals surface area contributed by atoms with Crippen LogP contribution >= 0.6 is 0 Å². The average molecular weight is 477 g/mol. The Morgan fingerprint density at radius 1 is 1.03 bits per heavy atom. The third-order valence-electron chi connectivity index (χ3n) is 8.17. The SMILES string of the molecule is CC(C)(CCNC(=O)OCC1c2ccccc2-c2ccccc21)C(=O)N1C2CCC1(C(=O)O)CC2. The summed E-state index contributed by atoms with van der Waals surface area (Å²) in [5.74, 6) is -1.06. The summed E-state index contributed by atoms with van der Waals surface area (Å²) in [4.78, 5) is 39.5. The number of nitrogens with one attached hydrogen (secondary N) is 1. The summed E-state index contributed by atoms with van der Waals surface area (Å²) < 4.78 is 5.58. The van der Waals surface area contributed by atoms with E-state index in [1.54, 1.807) is 4.90 Å². The molecule has 3 aliphatic rings. The molecule has 2 bridgehead atoms. The van der Waals surface area contributed by atoms with Crippen LogP contribution in [0, 0.1) is 5.41 Å². The van der Waals surface area contributed by atoms with Gasteiger partial charge in [0.05, 0.1) is 0 Å². The van der Waals surface area contributed by atoms with Gasteiger partial charge >= 0.3 is 12.1 Å². The third-order valence-corrected chi connectivity index (χ3v) is 8.17. The van der Waals surface area contributed by atoms with Gasteiger partial charge in [0.1, 0.15) is 12.1 Å². The van der Waals surface area contributed by atoms with Crippen molar-refractivity contribution in [3.63, 3.8) is 0 Å². The van der Waals surface area contributed by atoms with Crippen molar-refractivity contribution in [2.75, 3.05) is 13.2 Å². The van der Waals surface area contributed by atoms with E-state index >= 15 is 0 Å². The number of carbonyl (C=O) groups excluding carboxylic acids is 2. The molecule has 2 amide bonds. The lowest BCUT2D eigenvalue weighted by Gasteiger charge is -2.37. The topological polar surface area (TPSA) is 95.9 Å². The number of nitrogens with zero attached hydrogens (tertiary/aromatic N) is 1. The first-order valence-electron chi connectivity index (χ1n) is 12.4. The van der Waals surface area contributed by atoms with Crippen LogP contribution in [0.15, 0.2) is 48.5 Å². The lowest BCUT2D eigenvalue weighted by molar-refractivity contribution is -0.159. The van der Waals surface area contributed by atoms with Crippen molar-refractivity contribution in [1.29, 1.82) is 0 Å². The molecule has 0 spiro atoms. The standard InChI is InChI=1S/C28H32N2O5/c1-27(2,24(31)30-18-11-13-28(30,14-12-18)25(32)33)15-16-29-26(34)35-17-23-21-9-5-3-7-19(21)20-8-4-6-10-22(20)23/h3-10,18,23H,11-17H2,1-2H3,(H,29,34)(H,32,33). The molecular formula is C28H32N2O5. The number of benzene rings is 2. The van der Waals surface area contributed by atoms with Crippen molar-refractivity contribution < 1.29 is 24.2 Å². The van der Waals surface area contributed by atoms with E-state index in [0.717, 1.165) is 24.0 Å². The predicted molar refractivity (Wildman–Crippen MR) is 131 cm³/mol. The van der Waals surface area contributed by atoms with Gasteiger partial charge in [-0.2, -0.15) is 0 Å². The van der Waals surface area contributed by atoms with E-state index in [1.165, 1.54) is 11.1 Å². The number of alkyl carbamates (subject to hydrolysis) is 1. The molecule has 35 heavy (non-hydrogen) atoms. The number of aliphatic carboxylic acids is 1. The monoisotopic (exact) mass is 476 g/mol. The fourth-order valence-electron chi connectivity index (χ4n) is 6.17. The molecule has 7 nitrogen and oxygen atoms in total. The summed E-state index contributed by atoms with van der Waals surface area (Å²) in [6.45, 7) is 4.15. The minimum absolute atomic E-state index is 0.00738. The maximum Gasteiger partial charge on any atom is 0.407 e. The van der Waals surface area contributed by atoms with E-state index in [9.17, 15) is 19.5 Å². The van der Waals surface area contributed by atoms with Crippen LogP contribution in [-0.4, -0.2) is 52.7 Å². The highest BCUT2D eigenvalue weighted by Gasteiger charge is 2.60. The molecule has 0 unspecified atom stereocenters. The number of fused-ring (bicyclic) bond motifs is 5. The Morgan fingerprint density at radius 2 is 1.60 bits per heavy atom. The molecule has 2 aromatic rings. The van der Waals surface area contributed by atoms with E-state index in [1.807, 2.05) is 38.1 Å². The molecule has 0 radical (unpaired) electrons. The maximum absolute atomic E-state index is 13.4. The fourth-order valence-corrected chi connectivity index (χ4v) is 6.17. The summed E-state index contributed by atoms with van der Waals surface area (Å²) in [5, 5.41) is 12.6. The number of carboxylic acid groups (broad SMARTS) is 1. The molecule has 2 heterocycles. The summed E-state index contributed by atoms with van der Waals surface area (Å²) in [6, 6.07) is 16.4. The van der Waals surface area contributed by atoms with Crippen LogP contribution in [-0.2, 0) is 14.3 Å². The largest absolute Gasteiger partial charge is 0.479 e. The Kier molecular flexibility index (Phi) is 5.82. The second-order valence-electron chi connectivity index (χ2n) is 10.6. The molecule has 7 heteroatoms. The van der Waals surface area contributed by atoms with E-state index in [0.29, 0.717) is 19.3 Å². The molecule has 0 saturated carbocycles. The van der Waals surface area contributed by atoms with Crippen LogP contribution in [0.2, 0.25) is 0 Å². The first-order valence-corrected chi connectivity index (χ1v) is 12.4.